The van der Waals surface area contributed by atoms with E-state index in [-0.39, 0.29) is 5.92 Å². The van der Waals surface area contributed by atoms with Crippen LogP contribution in [0.4, 0.5) is 10.5 Å². The fourth-order valence-electron chi connectivity index (χ4n) is 1.78. The number of hydrogen-bond donors (Lipinski definition) is 2. The Morgan fingerprint density at radius 1 is 1.19 bits per heavy atom. The summed E-state index contributed by atoms with van der Waals surface area (Å²) in [4.78, 5) is 23.7. The molecular formula is C15H22N2O4. The number of hydrogen-bond acceptors (Lipinski definition) is 4. The highest BCUT2D eigenvalue weighted by atomic mass is 16.5. The quantitative estimate of drug-likeness (QED) is 0.790. The van der Waals surface area contributed by atoms with Crippen molar-refractivity contribution in [3.8, 4) is 5.75 Å². The monoisotopic (exact) mass is 294 g/mol. The fraction of sp³-hybridized carbons (Fsp3) is 0.467. The molecule has 0 bridgehead atoms. The number of benzene rings is 1. The second kappa shape index (κ2) is 8.14. The third-order valence-electron chi connectivity index (χ3n) is 3.30. The van der Waals surface area contributed by atoms with Crippen LogP contribution >= 0.6 is 0 Å². The molecule has 0 radical (unpaired) electrons. The Hall–Kier alpha value is -2.24. The second-order valence-corrected chi connectivity index (χ2v) is 4.71. The van der Waals surface area contributed by atoms with Gasteiger partial charge in [0, 0.05) is 5.69 Å². The number of methoxy groups -OCH3 is 2. The summed E-state index contributed by atoms with van der Waals surface area (Å²) in [7, 11) is 2.88. The lowest BCUT2D eigenvalue weighted by Gasteiger charge is -2.22. The molecule has 0 aromatic heterocycles. The van der Waals surface area contributed by atoms with Crippen molar-refractivity contribution in [1.29, 1.82) is 0 Å². The average molecular weight is 294 g/mol. The Kier molecular flexibility index (Phi) is 6.52. The molecule has 1 rings (SSSR count). The molecule has 0 saturated heterocycles. The van der Waals surface area contributed by atoms with Crippen LogP contribution in [0.3, 0.4) is 0 Å². The Morgan fingerprint density at radius 3 is 2.29 bits per heavy atom. The summed E-state index contributed by atoms with van der Waals surface area (Å²) in [5.74, 6) is 0.237. The molecule has 2 atom stereocenters. The van der Waals surface area contributed by atoms with Gasteiger partial charge in [-0.2, -0.15) is 0 Å². The van der Waals surface area contributed by atoms with Crippen LogP contribution in [0.15, 0.2) is 24.3 Å². The van der Waals surface area contributed by atoms with Gasteiger partial charge in [0.25, 0.3) is 0 Å². The first-order valence-corrected chi connectivity index (χ1v) is 6.81. The van der Waals surface area contributed by atoms with Crippen LogP contribution in [0.25, 0.3) is 0 Å². The number of esters is 1. The lowest BCUT2D eigenvalue weighted by molar-refractivity contribution is -0.144. The standard InChI is InChI=1S/C15H22N2O4/c1-5-10(2)13(14(18)21-4)17-15(19)16-11-6-8-12(20-3)9-7-11/h6-10,13H,5H2,1-4H3,(H2,16,17,19)/t10-,13-/m1/s1. The molecule has 0 heterocycles. The second-order valence-electron chi connectivity index (χ2n) is 4.71. The molecular weight excluding hydrogens is 272 g/mol. The van der Waals surface area contributed by atoms with Crippen LogP contribution in [0.2, 0.25) is 0 Å². The van der Waals surface area contributed by atoms with E-state index in [4.69, 9.17) is 9.47 Å². The van der Waals surface area contributed by atoms with E-state index in [2.05, 4.69) is 10.6 Å². The van der Waals surface area contributed by atoms with E-state index in [0.29, 0.717) is 11.4 Å². The van der Waals surface area contributed by atoms with Gasteiger partial charge in [0.05, 0.1) is 14.2 Å². The van der Waals surface area contributed by atoms with E-state index < -0.39 is 18.0 Å². The van der Waals surface area contributed by atoms with Gasteiger partial charge in [-0.05, 0) is 30.2 Å². The number of amides is 2. The highest BCUT2D eigenvalue weighted by Crippen LogP contribution is 2.15. The number of urea groups is 1. The molecule has 6 nitrogen and oxygen atoms in total. The van der Waals surface area contributed by atoms with E-state index in [0.717, 1.165) is 6.42 Å². The predicted molar refractivity (Wildman–Crippen MR) is 80.4 cm³/mol. The Labute approximate surface area is 124 Å². The Bertz CT molecular complexity index is 473. The Morgan fingerprint density at radius 2 is 1.81 bits per heavy atom. The average Bonchev–Trinajstić information content (AvgIpc) is 2.51. The van der Waals surface area contributed by atoms with Crippen LogP contribution in [0, 0.1) is 5.92 Å². The maximum atomic E-state index is 12.0. The molecule has 0 fully saturated rings. The van der Waals surface area contributed by atoms with Crippen molar-refractivity contribution in [3.05, 3.63) is 24.3 Å². The minimum atomic E-state index is -0.668. The van der Waals surface area contributed by atoms with Crippen LogP contribution in [0.5, 0.6) is 5.75 Å². The van der Waals surface area contributed by atoms with E-state index in [1.165, 1.54) is 7.11 Å². The molecule has 21 heavy (non-hydrogen) atoms. The summed E-state index contributed by atoms with van der Waals surface area (Å²) in [5, 5.41) is 5.31. The maximum Gasteiger partial charge on any atom is 0.328 e. The largest absolute Gasteiger partial charge is 0.497 e. The van der Waals surface area contributed by atoms with Crippen molar-refractivity contribution in [2.24, 2.45) is 5.92 Å². The normalized spacial score (nSPS) is 13.0. The number of ether oxygens (including phenoxy) is 2. The topological polar surface area (TPSA) is 76.7 Å². The van der Waals surface area contributed by atoms with Crippen molar-refractivity contribution in [2.45, 2.75) is 26.3 Å². The summed E-state index contributed by atoms with van der Waals surface area (Å²) in [5.41, 5.74) is 0.612. The van der Waals surface area contributed by atoms with Gasteiger partial charge in [0.15, 0.2) is 0 Å². The number of carbonyl (C=O) groups is 2. The first-order chi connectivity index (χ1) is 10.0. The van der Waals surface area contributed by atoms with Gasteiger partial charge in [-0.25, -0.2) is 9.59 Å². The molecule has 0 aliphatic heterocycles. The summed E-state index contributed by atoms with van der Waals surface area (Å²) in [6, 6.07) is 5.79. The maximum absolute atomic E-state index is 12.0. The van der Waals surface area contributed by atoms with Gasteiger partial charge in [0.1, 0.15) is 11.8 Å². The first kappa shape index (κ1) is 16.8. The van der Waals surface area contributed by atoms with E-state index in [9.17, 15) is 9.59 Å². The van der Waals surface area contributed by atoms with Gasteiger partial charge in [-0.15, -0.1) is 0 Å². The molecule has 116 valence electrons. The fourth-order valence-corrected chi connectivity index (χ4v) is 1.78. The van der Waals surface area contributed by atoms with E-state index in [1.54, 1.807) is 31.4 Å². The molecule has 0 spiro atoms. The first-order valence-electron chi connectivity index (χ1n) is 6.81. The third-order valence-corrected chi connectivity index (χ3v) is 3.30. The molecule has 2 amide bonds. The van der Waals surface area contributed by atoms with Crippen molar-refractivity contribution in [3.63, 3.8) is 0 Å². The van der Waals surface area contributed by atoms with Crippen molar-refractivity contribution in [1.82, 2.24) is 5.32 Å². The molecule has 1 aromatic rings. The zero-order valence-electron chi connectivity index (χ0n) is 12.8. The highest BCUT2D eigenvalue weighted by Gasteiger charge is 2.26. The van der Waals surface area contributed by atoms with Crippen molar-refractivity contribution in [2.75, 3.05) is 19.5 Å². The van der Waals surface area contributed by atoms with Crippen LogP contribution in [-0.4, -0.2) is 32.3 Å². The third kappa shape index (κ3) is 4.98. The van der Waals surface area contributed by atoms with Crippen LogP contribution in [0.1, 0.15) is 20.3 Å². The smallest absolute Gasteiger partial charge is 0.328 e. The highest BCUT2D eigenvalue weighted by molar-refractivity contribution is 5.92. The molecule has 0 aliphatic carbocycles. The van der Waals surface area contributed by atoms with E-state index in [1.807, 2.05) is 13.8 Å². The number of anilines is 1. The summed E-state index contributed by atoms with van der Waals surface area (Å²) in [6.45, 7) is 3.83. The van der Waals surface area contributed by atoms with Crippen molar-refractivity contribution < 1.29 is 19.1 Å². The van der Waals surface area contributed by atoms with E-state index >= 15 is 0 Å². The summed E-state index contributed by atoms with van der Waals surface area (Å²) >= 11 is 0. The molecule has 0 aliphatic rings. The number of nitrogens with one attached hydrogen (secondary N) is 2. The minimum Gasteiger partial charge on any atom is -0.497 e. The molecule has 0 unspecified atom stereocenters. The summed E-state index contributed by atoms with van der Waals surface area (Å²) < 4.78 is 9.76. The SMILES string of the molecule is CC[C@@H](C)[C@@H](NC(=O)Nc1ccc(OC)cc1)C(=O)OC. The zero-order valence-corrected chi connectivity index (χ0v) is 12.8. The van der Waals surface area contributed by atoms with Crippen LogP contribution in [-0.2, 0) is 9.53 Å². The van der Waals surface area contributed by atoms with Gasteiger partial charge >= 0.3 is 12.0 Å². The molecule has 1 aromatic carbocycles. The minimum absolute atomic E-state index is 0.0148. The molecule has 2 N–H and O–H groups in total. The van der Waals surface area contributed by atoms with Gasteiger partial charge < -0.3 is 20.1 Å². The Balaban J connectivity index is 2.66. The van der Waals surface area contributed by atoms with Gasteiger partial charge in [-0.1, -0.05) is 20.3 Å². The molecule has 6 heteroatoms. The van der Waals surface area contributed by atoms with Crippen LogP contribution < -0.4 is 15.4 Å². The number of rotatable bonds is 6. The summed E-state index contributed by atoms with van der Waals surface area (Å²) in [6.07, 6.45) is 0.753. The van der Waals surface area contributed by atoms with Gasteiger partial charge in [0.2, 0.25) is 0 Å². The van der Waals surface area contributed by atoms with Crippen molar-refractivity contribution >= 4 is 17.7 Å². The molecule has 0 saturated carbocycles. The lowest BCUT2D eigenvalue weighted by Crippen LogP contribution is -2.47. The number of carbonyl (C=O) groups excluding carboxylic acids is 2. The zero-order chi connectivity index (χ0) is 15.8. The predicted octanol–water partition coefficient (Wildman–Crippen LogP) is 2.40. The van der Waals surface area contributed by atoms with Gasteiger partial charge in [-0.3, -0.25) is 0 Å². The lowest BCUT2D eigenvalue weighted by atomic mass is 9.99.